The second-order valence-corrected chi connectivity index (χ2v) is 4.91. The summed E-state index contributed by atoms with van der Waals surface area (Å²) < 4.78 is 6.20. The molecule has 6 nitrogen and oxygen atoms in total. The average molecular weight is 288 g/mol. The van der Waals surface area contributed by atoms with E-state index in [4.69, 9.17) is 4.74 Å². The predicted molar refractivity (Wildman–Crippen MR) is 77.3 cm³/mol. The third-order valence-corrected chi connectivity index (χ3v) is 3.66. The van der Waals surface area contributed by atoms with E-state index < -0.39 is 0 Å². The summed E-state index contributed by atoms with van der Waals surface area (Å²) >= 11 is 1.53. The number of rotatable bonds is 4. The van der Waals surface area contributed by atoms with Crippen molar-refractivity contribution >= 4 is 33.3 Å². The number of amides is 1. The van der Waals surface area contributed by atoms with Gasteiger partial charge in [-0.2, -0.15) is 4.98 Å². The third-order valence-electron chi connectivity index (χ3n) is 2.70. The number of aromatic nitrogens is 3. The van der Waals surface area contributed by atoms with Gasteiger partial charge in [0.05, 0.1) is 12.2 Å². The normalized spacial score (nSPS) is 10.7. The van der Waals surface area contributed by atoms with Crippen molar-refractivity contribution in [2.24, 2.45) is 0 Å². The molecule has 0 bridgehead atoms. The number of carbonyl (C=O) groups is 1. The Morgan fingerprint density at radius 2 is 2.30 bits per heavy atom. The molecule has 1 amide bonds. The summed E-state index contributed by atoms with van der Waals surface area (Å²) in [6.45, 7) is 2.31. The van der Waals surface area contributed by atoms with Crippen molar-refractivity contribution in [2.75, 3.05) is 11.9 Å². The van der Waals surface area contributed by atoms with Crippen LogP contribution in [0, 0.1) is 0 Å². The number of nitrogens with zero attached hydrogens (tertiary/aromatic N) is 2. The van der Waals surface area contributed by atoms with Crippen molar-refractivity contribution in [3.8, 4) is 6.01 Å². The molecular formula is C13H12N4O2S. The minimum absolute atomic E-state index is 0.220. The quantitative estimate of drug-likeness (QED) is 0.773. The second kappa shape index (κ2) is 5.30. The Balaban J connectivity index is 1.81. The van der Waals surface area contributed by atoms with E-state index in [0.717, 1.165) is 10.1 Å². The van der Waals surface area contributed by atoms with E-state index in [1.807, 2.05) is 36.6 Å². The summed E-state index contributed by atoms with van der Waals surface area (Å²) in [6.07, 6.45) is 0. The van der Waals surface area contributed by atoms with Crippen LogP contribution in [-0.2, 0) is 0 Å². The molecule has 0 aliphatic rings. The molecule has 0 saturated heterocycles. The number of benzene rings is 1. The van der Waals surface area contributed by atoms with E-state index >= 15 is 0 Å². The molecule has 0 aliphatic carbocycles. The molecule has 0 atom stereocenters. The van der Waals surface area contributed by atoms with Gasteiger partial charge in [-0.1, -0.05) is 18.2 Å². The zero-order valence-corrected chi connectivity index (χ0v) is 11.5. The van der Waals surface area contributed by atoms with E-state index in [9.17, 15) is 4.79 Å². The number of ether oxygens (including phenoxy) is 1. The van der Waals surface area contributed by atoms with Crippen LogP contribution in [0.15, 0.2) is 29.6 Å². The second-order valence-electron chi connectivity index (χ2n) is 4.00. The van der Waals surface area contributed by atoms with Crippen molar-refractivity contribution < 1.29 is 9.53 Å². The number of hydrogen-bond acceptors (Lipinski definition) is 5. The zero-order valence-electron chi connectivity index (χ0n) is 10.7. The smallest absolute Gasteiger partial charge is 0.337 e. The summed E-state index contributed by atoms with van der Waals surface area (Å²) in [6, 6.07) is 7.99. The van der Waals surface area contributed by atoms with Crippen molar-refractivity contribution in [1.82, 2.24) is 15.2 Å². The molecule has 2 aromatic heterocycles. The fourth-order valence-electron chi connectivity index (χ4n) is 1.82. The van der Waals surface area contributed by atoms with Crippen LogP contribution in [0.4, 0.5) is 5.95 Å². The maximum Gasteiger partial charge on any atom is 0.337 e. The zero-order chi connectivity index (χ0) is 13.9. The highest BCUT2D eigenvalue weighted by atomic mass is 32.1. The van der Waals surface area contributed by atoms with Crippen LogP contribution < -0.4 is 10.1 Å². The van der Waals surface area contributed by atoms with Gasteiger partial charge in [0.25, 0.3) is 5.91 Å². The molecule has 7 heteroatoms. The van der Waals surface area contributed by atoms with Gasteiger partial charge in [-0.25, -0.2) is 5.10 Å². The lowest BCUT2D eigenvalue weighted by Crippen LogP contribution is -2.12. The maximum atomic E-state index is 12.2. The minimum Gasteiger partial charge on any atom is -0.463 e. The van der Waals surface area contributed by atoms with Crippen LogP contribution in [0.1, 0.15) is 17.3 Å². The van der Waals surface area contributed by atoms with Gasteiger partial charge < -0.3 is 4.74 Å². The molecule has 3 aromatic rings. The summed E-state index contributed by atoms with van der Waals surface area (Å²) in [4.78, 5) is 16.2. The number of fused-ring (bicyclic) bond motifs is 1. The molecule has 102 valence electrons. The van der Waals surface area contributed by atoms with Gasteiger partial charge in [-0.3, -0.25) is 10.1 Å². The Morgan fingerprint density at radius 3 is 3.15 bits per heavy atom. The molecule has 20 heavy (non-hydrogen) atoms. The molecule has 0 saturated carbocycles. The number of hydrogen-bond donors (Lipinski definition) is 2. The summed E-state index contributed by atoms with van der Waals surface area (Å²) in [5.41, 5.74) is 0.625. The highest BCUT2D eigenvalue weighted by Gasteiger charge is 2.14. The van der Waals surface area contributed by atoms with Crippen LogP contribution in [0.25, 0.3) is 10.1 Å². The molecule has 2 N–H and O–H groups in total. The average Bonchev–Trinajstić information content (AvgIpc) is 3.06. The van der Waals surface area contributed by atoms with E-state index in [1.54, 1.807) is 0 Å². The van der Waals surface area contributed by atoms with Crippen molar-refractivity contribution in [1.29, 1.82) is 0 Å². The van der Waals surface area contributed by atoms with Crippen molar-refractivity contribution in [2.45, 2.75) is 6.92 Å². The first-order valence-electron chi connectivity index (χ1n) is 6.10. The van der Waals surface area contributed by atoms with Crippen LogP contribution in [-0.4, -0.2) is 27.7 Å². The first kappa shape index (κ1) is 12.6. The van der Waals surface area contributed by atoms with Crippen LogP contribution >= 0.6 is 11.3 Å². The van der Waals surface area contributed by atoms with Gasteiger partial charge in [0.15, 0.2) is 0 Å². The van der Waals surface area contributed by atoms with Gasteiger partial charge in [0.1, 0.15) is 0 Å². The number of nitrogens with one attached hydrogen (secondary N) is 2. The Bertz CT molecular complexity index is 750. The third kappa shape index (κ3) is 2.35. The van der Waals surface area contributed by atoms with E-state index in [0.29, 0.717) is 12.2 Å². The molecule has 1 aromatic carbocycles. The van der Waals surface area contributed by atoms with E-state index in [1.165, 1.54) is 11.3 Å². The lowest BCUT2D eigenvalue weighted by Gasteiger charge is -1.99. The molecule has 0 unspecified atom stereocenters. The molecule has 0 aliphatic heterocycles. The van der Waals surface area contributed by atoms with Crippen LogP contribution in [0.2, 0.25) is 0 Å². The highest BCUT2D eigenvalue weighted by Crippen LogP contribution is 2.26. The van der Waals surface area contributed by atoms with Crippen molar-refractivity contribution in [3.63, 3.8) is 0 Å². The van der Waals surface area contributed by atoms with Gasteiger partial charge in [0.2, 0.25) is 5.95 Å². The molecule has 3 rings (SSSR count). The van der Waals surface area contributed by atoms with Gasteiger partial charge in [-0.15, -0.1) is 16.4 Å². The van der Waals surface area contributed by atoms with Gasteiger partial charge >= 0.3 is 6.01 Å². The minimum atomic E-state index is -0.221. The van der Waals surface area contributed by atoms with Crippen LogP contribution in [0.5, 0.6) is 6.01 Å². The molecule has 0 radical (unpaired) electrons. The number of H-pyrrole nitrogens is 1. The molecular weight excluding hydrogens is 276 g/mol. The maximum absolute atomic E-state index is 12.2. The number of anilines is 1. The Kier molecular flexibility index (Phi) is 3.34. The topological polar surface area (TPSA) is 79.9 Å². The SMILES string of the molecule is CCOc1n[nH]c(NC(=O)c2csc3ccccc23)n1. The Labute approximate surface area is 118 Å². The molecule has 2 heterocycles. The standard InChI is InChI=1S/C13H12N4O2S/c1-2-19-13-15-12(16-17-13)14-11(18)9-7-20-10-6-4-3-5-8(9)10/h3-7H,2H2,1H3,(H2,14,15,16,17,18). The number of aromatic amines is 1. The highest BCUT2D eigenvalue weighted by molar-refractivity contribution is 7.17. The summed E-state index contributed by atoms with van der Waals surface area (Å²) in [5.74, 6) is 0.0513. The Morgan fingerprint density at radius 1 is 1.45 bits per heavy atom. The van der Waals surface area contributed by atoms with E-state index in [2.05, 4.69) is 20.5 Å². The first-order valence-corrected chi connectivity index (χ1v) is 6.98. The summed E-state index contributed by atoms with van der Waals surface area (Å²) in [7, 11) is 0. The lowest BCUT2D eigenvalue weighted by atomic mass is 10.2. The predicted octanol–water partition coefficient (Wildman–Crippen LogP) is 2.67. The first-order chi connectivity index (χ1) is 9.78. The largest absolute Gasteiger partial charge is 0.463 e. The fourth-order valence-corrected chi connectivity index (χ4v) is 2.77. The van der Waals surface area contributed by atoms with Gasteiger partial charge in [-0.05, 0) is 13.0 Å². The molecule has 0 fully saturated rings. The fraction of sp³-hybridized carbons (Fsp3) is 0.154. The Hall–Kier alpha value is -2.41. The number of carbonyl (C=O) groups excluding carboxylic acids is 1. The van der Waals surface area contributed by atoms with E-state index in [-0.39, 0.29) is 17.9 Å². The lowest BCUT2D eigenvalue weighted by molar-refractivity contribution is 0.102. The number of thiophene rings is 1. The monoisotopic (exact) mass is 288 g/mol. The van der Waals surface area contributed by atoms with Crippen molar-refractivity contribution in [3.05, 3.63) is 35.2 Å². The molecule has 0 spiro atoms. The van der Waals surface area contributed by atoms with Crippen LogP contribution in [0.3, 0.4) is 0 Å². The van der Waals surface area contributed by atoms with Gasteiger partial charge in [0, 0.05) is 15.5 Å². The summed E-state index contributed by atoms with van der Waals surface area (Å²) in [5, 5.41) is 11.9.